The van der Waals surface area contributed by atoms with Gasteiger partial charge in [-0.05, 0) is 52.9 Å². The van der Waals surface area contributed by atoms with Crippen LogP contribution in [0.4, 0.5) is 0 Å². The summed E-state index contributed by atoms with van der Waals surface area (Å²) in [5.41, 5.74) is 4.66. The first-order valence-corrected chi connectivity index (χ1v) is 14.4. The van der Waals surface area contributed by atoms with E-state index in [1.54, 1.807) is 24.3 Å². The van der Waals surface area contributed by atoms with Crippen LogP contribution >= 0.6 is 0 Å². The number of benzene rings is 4. The Hall–Kier alpha value is -4.26. The second-order valence-corrected chi connectivity index (χ2v) is 9.89. The molecule has 0 amide bonds. The summed E-state index contributed by atoms with van der Waals surface area (Å²) in [6, 6.07) is 33.7. The summed E-state index contributed by atoms with van der Waals surface area (Å²) in [7, 11) is 0. The van der Waals surface area contributed by atoms with Crippen molar-refractivity contribution in [2.45, 2.75) is 51.4 Å². The summed E-state index contributed by atoms with van der Waals surface area (Å²) in [5, 5.41) is 0. The van der Waals surface area contributed by atoms with Gasteiger partial charge >= 0.3 is 18.2 Å². The highest BCUT2D eigenvalue weighted by atomic mass is 17.3. The maximum Gasteiger partial charge on any atom is 0.373 e. The van der Waals surface area contributed by atoms with Crippen molar-refractivity contribution in [3.05, 3.63) is 134 Å². The van der Waals surface area contributed by atoms with E-state index in [0.29, 0.717) is 24.0 Å². The summed E-state index contributed by atoms with van der Waals surface area (Å²) in [6.45, 7) is 3.87. The third kappa shape index (κ3) is 9.68. The molecule has 2 radical (unpaired) electrons. The second kappa shape index (κ2) is 16.9. The van der Waals surface area contributed by atoms with Gasteiger partial charge in [-0.3, -0.25) is 9.78 Å². The topological polar surface area (TPSA) is 71.1 Å². The van der Waals surface area contributed by atoms with Crippen molar-refractivity contribution in [2.75, 3.05) is 0 Å². The molecule has 0 aliphatic carbocycles. The van der Waals surface area contributed by atoms with E-state index >= 15 is 0 Å². The van der Waals surface area contributed by atoms with E-state index in [9.17, 15) is 9.59 Å². The van der Waals surface area contributed by atoms with Gasteiger partial charge < -0.3 is 0 Å². The van der Waals surface area contributed by atoms with Crippen molar-refractivity contribution in [1.82, 2.24) is 0 Å². The van der Waals surface area contributed by atoms with E-state index in [1.807, 2.05) is 84.9 Å². The van der Waals surface area contributed by atoms with E-state index < -0.39 is 11.9 Å². The van der Waals surface area contributed by atoms with Crippen molar-refractivity contribution < 1.29 is 29.1 Å². The zero-order chi connectivity index (χ0) is 29.4. The minimum absolute atomic E-state index is 0.101. The lowest BCUT2D eigenvalue weighted by atomic mass is 10.0. The van der Waals surface area contributed by atoms with Crippen molar-refractivity contribution in [1.29, 1.82) is 0 Å². The van der Waals surface area contributed by atoms with Crippen molar-refractivity contribution >= 4 is 11.9 Å². The minimum atomic E-state index is -0.688. The summed E-state index contributed by atoms with van der Waals surface area (Å²) in [6.07, 6.45) is 7.22. The monoisotopic (exact) mass is 564 g/mol. The molecule has 0 spiro atoms. The molecule has 0 aromatic heterocycles. The van der Waals surface area contributed by atoms with Gasteiger partial charge in [-0.15, -0.1) is 9.78 Å². The Bertz CT molecular complexity index is 1250. The van der Waals surface area contributed by atoms with Crippen LogP contribution in [0.2, 0.25) is 0 Å². The highest BCUT2D eigenvalue weighted by Gasteiger charge is 2.21. The molecule has 6 heteroatoms. The second-order valence-electron chi connectivity index (χ2n) is 9.89. The molecule has 0 saturated carbocycles. The molecule has 4 aromatic carbocycles. The predicted molar refractivity (Wildman–Crippen MR) is 162 cm³/mol. The molecule has 0 aliphatic heterocycles. The highest BCUT2D eigenvalue weighted by Crippen LogP contribution is 2.23. The number of rotatable bonds is 16. The quantitative estimate of drug-likeness (QED) is 0.0767. The van der Waals surface area contributed by atoms with Crippen LogP contribution in [0.15, 0.2) is 109 Å². The number of hydrogen-bond acceptors (Lipinski definition) is 6. The Morgan fingerprint density at radius 2 is 0.833 bits per heavy atom. The van der Waals surface area contributed by atoms with Crippen molar-refractivity contribution in [3.63, 3.8) is 0 Å². The number of carbonyl (C=O) groups is 2. The number of carbonyl (C=O) groups excluding carboxylic acids is 2. The molecule has 0 atom stereocenters. The molecule has 0 bridgehead atoms. The fourth-order valence-corrected chi connectivity index (χ4v) is 4.37. The van der Waals surface area contributed by atoms with E-state index in [-0.39, 0.29) is 6.29 Å². The van der Waals surface area contributed by atoms with E-state index in [1.165, 1.54) is 0 Å². The molecule has 0 fully saturated rings. The Morgan fingerprint density at radius 1 is 0.452 bits per heavy atom. The molecule has 42 heavy (non-hydrogen) atoms. The highest BCUT2D eigenvalue weighted by molar-refractivity contribution is 5.90. The third-order valence-corrected chi connectivity index (χ3v) is 6.76. The normalized spacial score (nSPS) is 10.9. The molecule has 0 unspecified atom stereocenters. The fraction of sp³-hybridized carbons (Fsp3) is 0.222. The van der Waals surface area contributed by atoms with Gasteiger partial charge in [0.2, 0.25) is 0 Å². The summed E-state index contributed by atoms with van der Waals surface area (Å²) in [4.78, 5) is 45.9. The molecule has 6 nitrogen and oxygen atoms in total. The first-order chi connectivity index (χ1) is 20.6. The van der Waals surface area contributed by atoms with Gasteiger partial charge in [-0.1, -0.05) is 130 Å². The lowest BCUT2D eigenvalue weighted by molar-refractivity contribution is -0.363. The molecule has 216 valence electrons. The maximum atomic E-state index is 12.7. The van der Waals surface area contributed by atoms with Crippen LogP contribution in [0.1, 0.15) is 72.1 Å². The van der Waals surface area contributed by atoms with Crippen LogP contribution < -0.4 is 0 Å². The molecule has 0 saturated heterocycles. The lowest BCUT2D eigenvalue weighted by Gasteiger charge is -2.14. The molecular formula is C36H36O6. The van der Waals surface area contributed by atoms with Crippen LogP contribution in [0.5, 0.6) is 0 Å². The SMILES string of the molecule is [CH2]CCCCCCCC[C](OOC(=O)c1ccc(-c2ccccc2)cc1)OOC(=O)c1ccc(-c2ccccc2)cc1. The standard InChI is InChI=1S/C36H36O6/c1-2-3-4-5-6-7-14-19-34(39-41-35(37)32-24-20-30(21-25-32)28-15-10-8-11-16-28)40-42-36(38)33-26-22-31(23-27-33)29-17-12-9-13-18-29/h8-13,15-18,20-27H,1-7,14,19H2. The van der Waals surface area contributed by atoms with Gasteiger partial charge in [0, 0.05) is 6.42 Å². The number of hydrogen-bond donors (Lipinski definition) is 0. The summed E-state index contributed by atoms with van der Waals surface area (Å²) in [5.74, 6) is -1.38. The van der Waals surface area contributed by atoms with E-state index in [4.69, 9.17) is 19.6 Å². The molecule has 0 N–H and O–H groups in total. The van der Waals surface area contributed by atoms with Crippen LogP contribution in [0.25, 0.3) is 22.3 Å². The van der Waals surface area contributed by atoms with Crippen LogP contribution in [-0.2, 0) is 19.6 Å². The Kier molecular flexibility index (Phi) is 12.3. The average Bonchev–Trinajstić information content (AvgIpc) is 3.06. The largest absolute Gasteiger partial charge is 0.373 e. The zero-order valence-corrected chi connectivity index (χ0v) is 23.7. The fourth-order valence-electron chi connectivity index (χ4n) is 4.37. The molecule has 4 rings (SSSR count). The Balaban J connectivity index is 1.31. The van der Waals surface area contributed by atoms with Crippen molar-refractivity contribution in [3.8, 4) is 22.3 Å². The zero-order valence-electron chi connectivity index (χ0n) is 23.7. The average molecular weight is 565 g/mol. The Morgan fingerprint density at radius 3 is 1.26 bits per heavy atom. The van der Waals surface area contributed by atoms with E-state index in [0.717, 1.165) is 60.8 Å². The van der Waals surface area contributed by atoms with Crippen LogP contribution in [0.3, 0.4) is 0 Å². The van der Waals surface area contributed by atoms with Crippen LogP contribution in [-0.4, -0.2) is 11.9 Å². The predicted octanol–water partition coefficient (Wildman–Crippen LogP) is 9.34. The van der Waals surface area contributed by atoms with Crippen molar-refractivity contribution in [2.24, 2.45) is 0 Å². The summed E-state index contributed by atoms with van der Waals surface area (Å²) < 4.78 is 0. The molecule has 0 heterocycles. The van der Waals surface area contributed by atoms with Crippen LogP contribution in [0, 0.1) is 13.2 Å². The van der Waals surface area contributed by atoms with Gasteiger partial charge in [-0.25, -0.2) is 9.59 Å². The van der Waals surface area contributed by atoms with Gasteiger partial charge in [0.05, 0.1) is 11.1 Å². The van der Waals surface area contributed by atoms with Gasteiger partial charge in [0.15, 0.2) is 0 Å². The van der Waals surface area contributed by atoms with Gasteiger partial charge in [0.1, 0.15) is 0 Å². The molecule has 0 aliphatic rings. The van der Waals surface area contributed by atoms with E-state index in [2.05, 4.69) is 6.92 Å². The smallest absolute Gasteiger partial charge is 0.289 e. The van der Waals surface area contributed by atoms with Gasteiger partial charge in [-0.2, -0.15) is 0 Å². The number of unbranched alkanes of at least 4 members (excludes halogenated alkanes) is 6. The lowest BCUT2D eigenvalue weighted by Crippen LogP contribution is -2.16. The van der Waals surface area contributed by atoms with Gasteiger partial charge in [0.25, 0.3) is 0 Å². The molecular weight excluding hydrogens is 528 g/mol. The maximum absolute atomic E-state index is 12.7. The minimum Gasteiger partial charge on any atom is -0.289 e. The first kappa shape index (κ1) is 30.7. The Labute approximate surface area is 248 Å². The third-order valence-electron chi connectivity index (χ3n) is 6.76. The first-order valence-electron chi connectivity index (χ1n) is 14.4. The summed E-state index contributed by atoms with van der Waals surface area (Å²) >= 11 is 0. The molecule has 4 aromatic rings.